The Morgan fingerprint density at radius 3 is 2.91 bits per heavy atom. The molecule has 4 N–H and O–H groups in total. The molecule has 1 aliphatic rings. The summed E-state index contributed by atoms with van der Waals surface area (Å²) >= 11 is 0. The standard InChI is InChI=1S/C15H23N4O3P/c1-9-13(20)11(5-7-23(2,3)21)22-15(9)19-8-18-12-10(16)4-6-17-14(12)19/h4,6,8-9,11,13,15,20-21H,2,5,7H2,1,3H3,(H2,16,17)/t9-,11-,13+,15?,23?/m1/s1. The van der Waals surface area contributed by atoms with Crippen molar-refractivity contribution in [3.8, 4) is 0 Å². The number of imidazole rings is 1. The van der Waals surface area contributed by atoms with Gasteiger partial charge in [0.2, 0.25) is 0 Å². The molecule has 126 valence electrons. The smallest absolute Gasteiger partial charge is 0.164 e. The molecule has 3 rings (SSSR count). The van der Waals surface area contributed by atoms with Crippen molar-refractivity contribution in [3.63, 3.8) is 0 Å². The van der Waals surface area contributed by atoms with E-state index in [1.165, 1.54) is 0 Å². The van der Waals surface area contributed by atoms with E-state index in [2.05, 4.69) is 16.3 Å². The molecule has 5 atom stereocenters. The maximum atomic E-state index is 10.5. The molecule has 8 heteroatoms. The first kappa shape index (κ1) is 16.5. The average molecular weight is 338 g/mol. The van der Waals surface area contributed by atoms with Gasteiger partial charge in [-0.3, -0.25) is 4.57 Å². The molecule has 0 bridgehead atoms. The number of aliphatic hydroxyl groups is 1. The van der Waals surface area contributed by atoms with Crippen LogP contribution in [0.15, 0.2) is 18.6 Å². The van der Waals surface area contributed by atoms with Crippen LogP contribution in [-0.2, 0) is 4.74 Å². The highest BCUT2D eigenvalue weighted by Crippen LogP contribution is 2.41. The summed E-state index contributed by atoms with van der Waals surface area (Å²) in [5, 5.41) is 10.5. The summed E-state index contributed by atoms with van der Waals surface area (Å²) in [6, 6.07) is 1.70. The zero-order valence-electron chi connectivity index (χ0n) is 13.3. The van der Waals surface area contributed by atoms with Crippen molar-refractivity contribution >= 4 is 30.3 Å². The lowest BCUT2D eigenvalue weighted by atomic mass is 10.0. The van der Waals surface area contributed by atoms with Crippen LogP contribution < -0.4 is 5.73 Å². The topological polar surface area (TPSA) is 106 Å². The number of aromatic nitrogens is 3. The third-order valence-electron chi connectivity index (χ3n) is 4.35. The van der Waals surface area contributed by atoms with Crippen molar-refractivity contribution in [2.45, 2.75) is 31.8 Å². The number of hydrogen-bond acceptors (Lipinski definition) is 6. The van der Waals surface area contributed by atoms with Gasteiger partial charge < -0.3 is 20.5 Å². The molecule has 0 spiro atoms. The molecule has 0 aromatic carbocycles. The van der Waals surface area contributed by atoms with Crippen LogP contribution in [0.2, 0.25) is 0 Å². The fourth-order valence-corrected chi connectivity index (χ4v) is 3.80. The monoisotopic (exact) mass is 338 g/mol. The second kappa shape index (κ2) is 5.91. The van der Waals surface area contributed by atoms with Crippen LogP contribution in [0.25, 0.3) is 11.2 Å². The fraction of sp³-hybridized carbons (Fsp3) is 0.533. The molecular formula is C15H23N4O3P. The Bertz CT molecular complexity index is 756. The predicted molar refractivity (Wildman–Crippen MR) is 92.7 cm³/mol. The SMILES string of the molecule is C=P(C)(O)CC[C@H]1OC(n2cnc3c(N)ccnc32)[C@H](C)[C@@H]1O. The lowest BCUT2D eigenvalue weighted by molar-refractivity contribution is -0.0207. The Morgan fingerprint density at radius 2 is 2.22 bits per heavy atom. The number of rotatable bonds is 4. The molecule has 2 unspecified atom stereocenters. The molecule has 3 heterocycles. The Balaban J connectivity index is 1.85. The van der Waals surface area contributed by atoms with Crippen molar-refractivity contribution in [1.82, 2.24) is 14.5 Å². The van der Waals surface area contributed by atoms with E-state index in [0.29, 0.717) is 29.4 Å². The van der Waals surface area contributed by atoms with E-state index >= 15 is 0 Å². The van der Waals surface area contributed by atoms with Gasteiger partial charge >= 0.3 is 0 Å². The summed E-state index contributed by atoms with van der Waals surface area (Å²) in [5.74, 6) is -0.117. The molecule has 0 amide bonds. The lowest BCUT2D eigenvalue weighted by Gasteiger charge is -2.18. The van der Waals surface area contributed by atoms with Crippen LogP contribution in [0, 0.1) is 5.92 Å². The zero-order valence-corrected chi connectivity index (χ0v) is 14.2. The predicted octanol–water partition coefficient (Wildman–Crippen LogP) is 1.28. The summed E-state index contributed by atoms with van der Waals surface area (Å²) < 4.78 is 7.86. The van der Waals surface area contributed by atoms with Crippen LogP contribution in [0.1, 0.15) is 19.6 Å². The number of fused-ring (bicyclic) bond motifs is 1. The Labute approximate surface area is 135 Å². The van der Waals surface area contributed by atoms with Crippen molar-refractivity contribution < 1.29 is 14.7 Å². The zero-order chi connectivity index (χ0) is 16.8. The van der Waals surface area contributed by atoms with E-state index in [1.54, 1.807) is 25.3 Å². The first-order valence-corrected chi connectivity index (χ1v) is 10.2. The molecule has 23 heavy (non-hydrogen) atoms. The second-order valence-corrected chi connectivity index (χ2v) is 9.62. The molecule has 2 aromatic heterocycles. The van der Waals surface area contributed by atoms with Crippen molar-refractivity contribution in [2.75, 3.05) is 18.6 Å². The van der Waals surface area contributed by atoms with Crippen molar-refractivity contribution in [2.24, 2.45) is 5.92 Å². The number of anilines is 1. The van der Waals surface area contributed by atoms with E-state index in [0.717, 1.165) is 0 Å². The van der Waals surface area contributed by atoms with Gasteiger partial charge in [0.25, 0.3) is 0 Å². The Hall–Kier alpha value is -1.40. The van der Waals surface area contributed by atoms with Crippen LogP contribution in [0.5, 0.6) is 0 Å². The van der Waals surface area contributed by atoms with Gasteiger partial charge in [0.1, 0.15) is 11.7 Å². The molecule has 0 radical (unpaired) electrons. The molecule has 1 saturated heterocycles. The molecule has 7 nitrogen and oxygen atoms in total. The first-order valence-electron chi connectivity index (χ1n) is 7.61. The van der Waals surface area contributed by atoms with Gasteiger partial charge in [-0.25, -0.2) is 9.97 Å². The van der Waals surface area contributed by atoms with Gasteiger partial charge in [-0.1, -0.05) is 13.2 Å². The normalized spacial score (nSPS) is 30.6. The minimum absolute atomic E-state index is 0.117. The second-order valence-electron chi connectivity index (χ2n) is 6.49. The summed E-state index contributed by atoms with van der Waals surface area (Å²) in [7, 11) is -2.13. The lowest BCUT2D eigenvalue weighted by Crippen LogP contribution is -2.26. The summed E-state index contributed by atoms with van der Waals surface area (Å²) in [6.07, 6.45) is 6.91. The maximum absolute atomic E-state index is 10.5. The molecule has 2 aromatic rings. The third-order valence-corrected chi connectivity index (χ3v) is 5.57. The number of hydrogen-bond donors (Lipinski definition) is 3. The first-order chi connectivity index (χ1) is 10.8. The van der Waals surface area contributed by atoms with E-state index < -0.39 is 13.2 Å². The van der Waals surface area contributed by atoms with E-state index in [4.69, 9.17) is 10.5 Å². The summed E-state index contributed by atoms with van der Waals surface area (Å²) in [5.41, 5.74) is 7.76. The van der Waals surface area contributed by atoms with Crippen LogP contribution in [0.4, 0.5) is 5.69 Å². The van der Waals surface area contributed by atoms with Gasteiger partial charge in [0, 0.05) is 12.1 Å². The molecule has 0 saturated carbocycles. The number of pyridine rings is 1. The third kappa shape index (κ3) is 3.15. The van der Waals surface area contributed by atoms with E-state index in [1.807, 2.05) is 11.5 Å². The number of ether oxygens (including phenoxy) is 1. The Kier molecular flexibility index (Phi) is 4.23. The summed E-state index contributed by atoms with van der Waals surface area (Å²) in [4.78, 5) is 18.5. The van der Waals surface area contributed by atoms with Gasteiger partial charge in [0.05, 0.1) is 24.2 Å². The van der Waals surface area contributed by atoms with Gasteiger partial charge in [0.15, 0.2) is 5.65 Å². The fourth-order valence-electron chi connectivity index (χ4n) is 2.99. The molecular weight excluding hydrogens is 315 g/mol. The van der Waals surface area contributed by atoms with Crippen LogP contribution in [0.3, 0.4) is 0 Å². The van der Waals surface area contributed by atoms with Crippen LogP contribution >= 0.6 is 7.11 Å². The van der Waals surface area contributed by atoms with E-state index in [9.17, 15) is 10.00 Å². The average Bonchev–Trinajstić information content (AvgIpc) is 3.01. The Morgan fingerprint density at radius 1 is 1.48 bits per heavy atom. The van der Waals surface area contributed by atoms with E-state index in [-0.39, 0.29) is 18.2 Å². The number of nitrogens with two attached hydrogens (primary N) is 1. The van der Waals surface area contributed by atoms with Crippen molar-refractivity contribution in [3.05, 3.63) is 18.6 Å². The van der Waals surface area contributed by atoms with Crippen LogP contribution in [-0.4, -0.2) is 55.9 Å². The minimum atomic E-state index is -2.13. The van der Waals surface area contributed by atoms with Gasteiger partial charge in [-0.05, 0) is 32.4 Å². The molecule has 1 aliphatic heterocycles. The summed E-state index contributed by atoms with van der Waals surface area (Å²) in [6.45, 7) is 3.69. The maximum Gasteiger partial charge on any atom is 0.164 e. The number of aliphatic hydroxyl groups excluding tert-OH is 1. The van der Waals surface area contributed by atoms with Gasteiger partial charge in [-0.2, -0.15) is 0 Å². The highest BCUT2D eigenvalue weighted by molar-refractivity contribution is 7.67. The highest BCUT2D eigenvalue weighted by Gasteiger charge is 2.42. The highest BCUT2D eigenvalue weighted by atomic mass is 31.2. The largest absolute Gasteiger partial charge is 0.397 e. The minimum Gasteiger partial charge on any atom is -0.397 e. The number of nitrogens with zero attached hydrogens (tertiary/aromatic N) is 3. The molecule has 1 fully saturated rings. The van der Waals surface area contributed by atoms with Gasteiger partial charge in [-0.15, -0.1) is 0 Å². The number of nitrogen functional groups attached to an aromatic ring is 1. The molecule has 0 aliphatic carbocycles. The van der Waals surface area contributed by atoms with Crippen molar-refractivity contribution in [1.29, 1.82) is 0 Å². The quantitative estimate of drug-likeness (QED) is 0.725.